The van der Waals surface area contributed by atoms with Gasteiger partial charge in [0.05, 0.1) is 14.9 Å². The summed E-state index contributed by atoms with van der Waals surface area (Å²) >= 11 is 7.51. The highest BCUT2D eigenvalue weighted by molar-refractivity contribution is 8.18. The third-order valence-electron chi connectivity index (χ3n) is 4.56. The first kappa shape index (κ1) is 18.8. The molecule has 0 aliphatic carbocycles. The molecule has 3 heterocycles. The maximum absolute atomic E-state index is 12.2. The number of amides is 1. The van der Waals surface area contributed by atoms with Gasteiger partial charge < -0.3 is 9.32 Å². The number of rotatable bonds is 3. The van der Waals surface area contributed by atoms with Gasteiger partial charge in [0.25, 0.3) is 11.6 Å². The second-order valence-corrected chi connectivity index (χ2v) is 7.90. The van der Waals surface area contributed by atoms with Crippen LogP contribution in [0.25, 0.3) is 17.4 Å². The Morgan fingerprint density at radius 1 is 1.21 bits per heavy atom. The molecule has 0 saturated carbocycles. The molecule has 1 saturated heterocycles. The van der Waals surface area contributed by atoms with Crippen LogP contribution < -0.4 is 0 Å². The zero-order valence-corrected chi connectivity index (χ0v) is 16.3. The zero-order chi connectivity index (χ0) is 19.7. The summed E-state index contributed by atoms with van der Waals surface area (Å²) in [6, 6.07) is 7.65. The number of carbonyl (C=O) groups is 1. The first-order valence-corrected chi connectivity index (χ1v) is 10.0. The van der Waals surface area contributed by atoms with Crippen LogP contribution in [-0.4, -0.2) is 34.0 Å². The highest BCUT2D eigenvalue weighted by atomic mass is 35.5. The van der Waals surface area contributed by atoms with E-state index in [0.29, 0.717) is 22.0 Å². The highest BCUT2D eigenvalue weighted by Gasteiger charge is 2.27. The lowest BCUT2D eigenvalue weighted by molar-refractivity contribution is -0.384. The fourth-order valence-corrected chi connectivity index (χ4v) is 4.35. The molecule has 144 valence electrons. The van der Waals surface area contributed by atoms with E-state index in [1.807, 2.05) is 0 Å². The van der Waals surface area contributed by atoms with Gasteiger partial charge in [-0.25, -0.2) is 0 Å². The Balaban J connectivity index is 1.52. The SMILES string of the molecule is O=C1N=C(N2CCCCC2)S/C1=C/c1ccc(-c2ccc([N+](=O)[O-])cc2Cl)o1. The van der Waals surface area contributed by atoms with Crippen molar-refractivity contribution in [3.63, 3.8) is 0 Å². The molecule has 2 aromatic rings. The first-order valence-electron chi connectivity index (χ1n) is 8.83. The van der Waals surface area contributed by atoms with Gasteiger partial charge >= 0.3 is 0 Å². The molecule has 1 aromatic carbocycles. The standard InChI is InChI=1S/C19H16ClN3O4S/c20-15-10-12(23(25)26)4-6-14(15)16-7-5-13(27-16)11-17-18(24)21-19(28-17)22-8-2-1-3-9-22/h4-7,10-11H,1-3,8-9H2/b17-11+. The summed E-state index contributed by atoms with van der Waals surface area (Å²) in [6.45, 7) is 1.85. The molecule has 0 radical (unpaired) electrons. The summed E-state index contributed by atoms with van der Waals surface area (Å²) < 4.78 is 5.78. The van der Waals surface area contributed by atoms with Crippen molar-refractivity contribution < 1.29 is 14.1 Å². The Labute approximate surface area is 170 Å². The number of benzene rings is 1. The van der Waals surface area contributed by atoms with Crippen LogP contribution in [0, 0.1) is 10.1 Å². The van der Waals surface area contributed by atoms with Gasteiger partial charge in [-0.3, -0.25) is 14.9 Å². The van der Waals surface area contributed by atoms with Crippen molar-refractivity contribution in [2.75, 3.05) is 13.1 Å². The lowest BCUT2D eigenvalue weighted by Crippen LogP contribution is -2.33. The zero-order valence-electron chi connectivity index (χ0n) is 14.8. The molecular formula is C19H16ClN3O4S. The van der Waals surface area contributed by atoms with E-state index in [0.717, 1.165) is 31.1 Å². The normalized spacial score (nSPS) is 18.6. The van der Waals surface area contributed by atoms with Gasteiger partial charge in [-0.15, -0.1) is 0 Å². The second kappa shape index (κ2) is 7.81. The summed E-state index contributed by atoms with van der Waals surface area (Å²) in [6.07, 6.45) is 5.11. The van der Waals surface area contributed by atoms with Crippen LogP contribution in [-0.2, 0) is 4.79 Å². The van der Waals surface area contributed by atoms with Crippen molar-refractivity contribution in [3.05, 3.63) is 56.1 Å². The third-order valence-corrected chi connectivity index (χ3v) is 5.92. The fourth-order valence-electron chi connectivity index (χ4n) is 3.14. The number of nitro groups is 1. The smallest absolute Gasteiger partial charge is 0.286 e. The molecule has 0 spiro atoms. The molecule has 0 atom stereocenters. The number of hydrogen-bond donors (Lipinski definition) is 0. The molecular weight excluding hydrogens is 402 g/mol. The predicted molar refractivity (Wildman–Crippen MR) is 109 cm³/mol. The van der Waals surface area contributed by atoms with Crippen LogP contribution >= 0.6 is 23.4 Å². The average Bonchev–Trinajstić information content (AvgIpc) is 3.30. The number of amidine groups is 1. The molecule has 0 bridgehead atoms. The van der Waals surface area contributed by atoms with E-state index in [1.165, 1.54) is 30.3 Å². The summed E-state index contributed by atoms with van der Waals surface area (Å²) in [5.74, 6) is 0.701. The summed E-state index contributed by atoms with van der Waals surface area (Å²) in [5.41, 5.74) is 0.463. The molecule has 28 heavy (non-hydrogen) atoms. The molecule has 0 unspecified atom stereocenters. The largest absolute Gasteiger partial charge is 0.457 e. The number of thioether (sulfide) groups is 1. The molecule has 0 N–H and O–H groups in total. The number of nitro benzene ring substituents is 1. The van der Waals surface area contributed by atoms with E-state index in [2.05, 4.69) is 9.89 Å². The van der Waals surface area contributed by atoms with E-state index >= 15 is 0 Å². The molecule has 2 aliphatic rings. The maximum Gasteiger partial charge on any atom is 0.286 e. The number of nitrogens with zero attached hydrogens (tertiary/aromatic N) is 3. The van der Waals surface area contributed by atoms with Gasteiger partial charge in [0.15, 0.2) is 5.17 Å². The Morgan fingerprint density at radius 3 is 2.71 bits per heavy atom. The lowest BCUT2D eigenvalue weighted by Gasteiger charge is -2.27. The minimum atomic E-state index is -0.503. The summed E-state index contributed by atoms with van der Waals surface area (Å²) in [7, 11) is 0. The van der Waals surface area contributed by atoms with Crippen molar-refractivity contribution in [1.82, 2.24) is 4.90 Å². The van der Waals surface area contributed by atoms with E-state index in [9.17, 15) is 14.9 Å². The number of likely N-dealkylation sites (tertiary alicyclic amines) is 1. The van der Waals surface area contributed by atoms with Gasteiger partial charge in [0.2, 0.25) is 0 Å². The Kier molecular flexibility index (Phi) is 5.23. The van der Waals surface area contributed by atoms with Crippen LogP contribution in [0.2, 0.25) is 5.02 Å². The van der Waals surface area contributed by atoms with Crippen LogP contribution in [0.15, 0.2) is 44.6 Å². The van der Waals surface area contributed by atoms with Crippen molar-refractivity contribution in [1.29, 1.82) is 0 Å². The van der Waals surface area contributed by atoms with Gasteiger partial charge in [-0.05, 0) is 49.2 Å². The van der Waals surface area contributed by atoms with E-state index < -0.39 is 4.92 Å². The molecule has 7 nitrogen and oxygen atoms in total. The Bertz CT molecular complexity index is 1010. The van der Waals surface area contributed by atoms with Crippen molar-refractivity contribution in [2.45, 2.75) is 19.3 Å². The Hall–Kier alpha value is -2.58. The summed E-state index contributed by atoms with van der Waals surface area (Å²) in [4.78, 5) is 29.4. The van der Waals surface area contributed by atoms with Gasteiger partial charge in [0, 0.05) is 36.9 Å². The van der Waals surface area contributed by atoms with Crippen molar-refractivity contribution in [3.8, 4) is 11.3 Å². The number of carbonyl (C=O) groups excluding carboxylic acids is 1. The average molecular weight is 418 g/mol. The highest BCUT2D eigenvalue weighted by Crippen LogP contribution is 2.35. The minimum Gasteiger partial charge on any atom is -0.457 e. The van der Waals surface area contributed by atoms with Crippen molar-refractivity contribution in [2.24, 2.45) is 4.99 Å². The molecule has 4 rings (SSSR count). The van der Waals surface area contributed by atoms with E-state index in [1.54, 1.807) is 24.3 Å². The maximum atomic E-state index is 12.2. The van der Waals surface area contributed by atoms with Gasteiger partial charge in [-0.2, -0.15) is 4.99 Å². The van der Waals surface area contributed by atoms with Crippen LogP contribution in [0.5, 0.6) is 0 Å². The van der Waals surface area contributed by atoms with E-state index in [4.69, 9.17) is 16.0 Å². The number of piperidine rings is 1. The molecule has 1 amide bonds. The molecule has 2 aliphatic heterocycles. The second-order valence-electron chi connectivity index (χ2n) is 6.48. The summed E-state index contributed by atoms with van der Waals surface area (Å²) in [5, 5.41) is 11.8. The van der Waals surface area contributed by atoms with Crippen LogP contribution in [0.4, 0.5) is 5.69 Å². The number of aliphatic imine (C=N–C) groups is 1. The van der Waals surface area contributed by atoms with Gasteiger partial charge in [-0.1, -0.05) is 11.6 Å². The van der Waals surface area contributed by atoms with Crippen LogP contribution in [0.1, 0.15) is 25.0 Å². The quantitative estimate of drug-likeness (QED) is 0.398. The number of hydrogen-bond acceptors (Lipinski definition) is 6. The number of halogens is 1. The van der Waals surface area contributed by atoms with Gasteiger partial charge in [0.1, 0.15) is 11.5 Å². The first-order chi connectivity index (χ1) is 13.5. The topological polar surface area (TPSA) is 89.0 Å². The number of non-ortho nitro benzene ring substituents is 1. The lowest BCUT2D eigenvalue weighted by atomic mass is 10.1. The predicted octanol–water partition coefficient (Wildman–Crippen LogP) is 4.96. The third kappa shape index (κ3) is 3.83. The molecule has 9 heteroatoms. The molecule has 1 aromatic heterocycles. The Morgan fingerprint density at radius 2 is 2.00 bits per heavy atom. The molecule has 1 fully saturated rings. The minimum absolute atomic E-state index is 0.0852. The monoisotopic (exact) mass is 417 g/mol. The van der Waals surface area contributed by atoms with E-state index in [-0.39, 0.29) is 16.6 Å². The van der Waals surface area contributed by atoms with Crippen molar-refractivity contribution >= 4 is 46.2 Å². The number of furan rings is 1. The fraction of sp³-hybridized carbons (Fsp3) is 0.263. The van der Waals surface area contributed by atoms with Crippen LogP contribution in [0.3, 0.4) is 0 Å².